The van der Waals surface area contributed by atoms with Gasteiger partial charge in [-0.3, -0.25) is 19.7 Å². The fourth-order valence-corrected chi connectivity index (χ4v) is 2.77. The van der Waals surface area contributed by atoms with Crippen LogP contribution < -0.4 is 5.32 Å². The third kappa shape index (κ3) is 5.09. The molecule has 0 heterocycles. The SMILES string of the molecule is CCN(CC(=O)Nc1ccccc1C(F)(F)F)C(=O)c1cccc(C)c1[N+](=O)[O-]. The van der Waals surface area contributed by atoms with E-state index in [1.807, 2.05) is 0 Å². The fourth-order valence-electron chi connectivity index (χ4n) is 2.77. The highest BCUT2D eigenvalue weighted by molar-refractivity contribution is 6.02. The monoisotopic (exact) mass is 409 g/mol. The molecule has 0 unspecified atom stereocenters. The number of carbonyl (C=O) groups excluding carboxylic acids is 2. The van der Waals surface area contributed by atoms with Crippen LogP contribution in [0.3, 0.4) is 0 Å². The average Bonchev–Trinajstić information content (AvgIpc) is 2.64. The molecule has 154 valence electrons. The molecule has 0 aliphatic rings. The summed E-state index contributed by atoms with van der Waals surface area (Å²) in [7, 11) is 0. The molecule has 1 N–H and O–H groups in total. The zero-order chi connectivity index (χ0) is 21.8. The number of nitrogens with zero attached hydrogens (tertiary/aromatic N) is 2. The summed E-state index contributed by atoms with van der Waals surface area (Å²) in [5.74, 6) is -1.62. The molecule has 0 atom stereocenters. The second-order valence-corrected chi connectivity index (χ2v) is 6.14. The van der Waals surface area contributed by atoms with Crippen molar-refractivity contribution in [3.05, 3.63) is 69.3 Å². The Morgan fingerprint density at radius 3 is 2.38 bits per heavy atom. The van der Waals surface area contributed by atoms with Gasteiger partial charge in [-0.25, -0.2) is 0 Å². The van der Waals surface area contributed by atoms with E-state index < -0.39 is 40.7 Å². The number of anilines is 1. The van der Waals surface area contributed by atoms with Gasteiger partial charge in [0, 0.05) is 12.1 Å². The number of hydrogen-bond acceptors (Lipinski definition) is 4. The molecule has 29 heavy (non-hydrogen) atoms. The maximum Gasteiger partial charge on any atom is 0.418 e. The highest BCUT2D eigenvalue weighted by Gasteiger charge is 2.34. The van der Waals surface area contributed by atoms with E-state index in [-0.39, 0.29) is 23.4 Å². The number of nitro groups is 1. The summed E-state index contributed by atoms with van der Waals surface area (Å²) in [5, 5.41) is 13.5. The zero-order valence-corrected chi connectivity index (χ0v) is 15.6. The van der Waals surface area contributed by atoms with E-state index >= 15 is 0 Å². The Labute approximate surface area is 164 Å². The van der Waals surface area contributed by atoms with Gasteiger partial charge in [0.05, 0.1) is 16.2 Å². The van der Waals surface area contributed by atoms with E-state index in [1.54, 1.807) is 6.92 Å². The molecule has 0 aliphatic carbocycles. The van der Waals surface area contributed by atoms with Crippen LogP contribution in [-0.2, 0) is 11.0 Å². The number of likely N-dealkylation sites (N-methyl/N-ethyl adjacent to an activating group) is 1. The molecule has 0 bridgehead atoms. The third-order valence-corrected chi connectivity index (χ3v) is 4.16. The highest BCUT2D eigenvalue weighted by atomic mass is 19.4. The molecule has 0 radical (unpaired) electrons. The molecule has 7 nitrogen and oxygen atoms in total. The maximum absolute atomic E-state index is 13.1. The molecule has 0 aliphatic heterocycles. The van der Waals surface area contributed by atoms with Crippen molar-refractivity contribution >= 4 is 23.2 Å². The van der Waals surface area contributed by atoms with Gasteiger partial charge >= 0.3 is 6.18 Å². The van der Waals surface area contributed by atoms with Crippen LogP contribution in [0.2, 0.25) is 0 Å². The predicted octanol–water partition coefficient (Wildman–Crippen LogP) is 4.02. The number of benzene rings is 2. The second kappa shape index (κ2) is 8.72. The fraction of sp³-hybridized carbons (Fsp3) is 0.263. The number of alkyl halides is 3. The van der Waals surface area contributed by atoms with Crippen LogP contribution in [0.5, 0.6) is 0 Å². The molecule has 0 aromatic heterocycles. The Morgan fingerprint density at radius 1 is 1.14 bits per heavy atom. The standard InChI is InChI=1S/C19H18F3N3O4/c1-3-24(18(27)13-8-6-7-12(2)17(13)25(28)29)11-16(26)23-15-10-5-4-9-14(15)19(20,21)22/h4-10H,3,11H2,1-2H3,(H,23,26). The van der Waals surface area contributed by atoms with Gasteiger partial charge in [0.25, 0.3) is 11.6 Å². The Kier molecular flexibility index (Phi) is 6.57. The van der Waals surface area contributed by atoms with Crippen molar-refractivity contribution in [2.75, 3.05) is 18.4 Å². The maximum atomic E-state index is 13.1. The molecule has 10 heteroatoms. The van der Waals surface area contributed by atoms with Gasteiger partial charge < -0.3 is 10.2 Å². The quantitative estimate of drug-likeness (QED) is 0.576. The Hall–Kier alpha value is -3.43. The second-order valence-electron chi connectivity index (χ2n) is 6.14. The van der Waals surface area contributed by atoms with Crippen molar-refractivity contribution in [1.82, 2.24) is 4.90 Å². The summed E-state index contributed by atoms with van der Waals surface area (Å²) in [4.78, 5) is 36.6. The number of nitrogens with one attached hydrogen (secondary N) is 1. The van der Waals surface area contributed by atoms with Crippen molar-refractivity contribution in [3.63, 3.8) is 0 Å². The van der Waals surface area contributed by atoms with Gasteiger partial charge in [0.1, 0.15) is 12.1 Å². The lowest BCUT2D eigenvalue weighted by molar-refractivity contribution is -0.385. The van der Waals surface area contributed by atoms with E-state index in [0.717, 1.165) is 17.0 Å². The summed E-state index contributed by atoms with van der Waals surface area (Å²) < 4.78 is 39.2. The molecule has 0 saturated heterocycles. The molecule has 0 fully saturated rings. The number of hydrogen-bond donors (Lipinski definition) is 1. The van der Waals surface area contributed by atoms with Crippen LogP contribution in [0.15, 0.2) is 42.5 Å². The lowest BCUT2D eigenvalue weighted by atomic mass is 10.1. The number of rotatable bonds is 6. The molecular formula is C19H18F3N3O4. The molecule has 0 spiro atoms. The summed E-state index contributed by atoms with van der Waals surface area (Å²) in [5.41, 5.74) is -1.74. The topological polar surface area (TPSA) is 92.6 Å². The Balaban J connectivity index is 2.23. The van der Waals surface area contributed by atoms with Crippen LogP contribution in [-0.4, -0.2) is 34.7 Å². The minimum Gasteiger partial charge on any atom is -0.329 e. The first-order valence-corrected chi connectivity index (χ1v) is 8.55. The number of nitro benzene ring substituents is 1. The van der Waals surface area contributed by atoms with E-state index in [0.29, 0.717) is 0 Å². The van der Waals surface area contributed by atoms with Crippen molar-refractivity contribution in [1.29, 1.82) is 0 Å². The van der Waals surface area contributed by atoms with Crippen molar-refractivity contribution in [2.24, 2.45) is 0 Å². The largest absolute Gasteiger partial charge is 0.418 e. The molecule has 2 rings (SSSR count). The molecule has 2 aromatic rings. The highest BCUT2D eigenvalue weighted by Crippen LogP contribution is 2.34. The van der Waals surface area contributed by atoms with Crippen LogP contribution in [0, 0.1) is 17.0 Å². The molecular weight excluding hydrogens is 391 g/mol. The van der Waals surface area contributed by atoms with Gasteiger partial charge in [-0.15, -0.1) is 0 Å². The Bertz CT molecular complexity index is 945. The first kappa shape index (κ1) is 21.9. The average molecular weight is 409 g/mol. The first-order valence-electron chi connectivity index (χ1n) is 8.55. The molecule has 2 aromatic carbocycles. The van der Waals surface area contributed by atoms with Crippen molar-refractivity contribution in [2.45, 2.75) is 20.0 Å². The van der Waals surface area contributed by atoms with Gasteiger partial charge in [-0.2, -0.15) is 13.2 Å². The third-order valence-electron chi connectivity index (χ3n) is 4.16. The zero-order valence-electron chi connectivity index (χ0n) is 15.6. The number of carbonyl (C=O) groups is 2. The lowest BCUT2D eigenvalue weighted by Crippen LogP contribution is -2.38. The number of halogens is 3. The minimum absolute atomic E-state index is 0.0261. The van der Waals surface area contributed by atoms with E-state index in [1.165, 1.54) is 37.3 Å². The Morgan fingerprint density at radius 2 is 1.79 bits per heavy atom. The van der Waals surface area contributed by atoms with Crippen molar-refractivity contribution < 1.29 is 27.7 Å². The normalized spacial score (nSPS) is 11.1. The van der Waals surface area contributed by atoms with Gasteiger partial charge in [0.15, 0.2) is 0 Å². The lowest BCUT2D eigenvalue weighted by Gasteiger charge is -2.21. The number of para-hydroxylation sites is 2. The summed E-state index contributed by atoms with van der Waals surface area (Å²) >= 11 is 0. The summed E-state index contributed by atoms with van der Waals surface area (Å²) in [6.45, 7) is 2.49. The van der Waals surface area contributed by atoms with Crippen LogP contribution in [0.1, 0.15) is 28.4 Å². The van der Waals surface area contributed by atoms with E-state index in [4.69, 9.17) is 0 Å². The summed E-state index contributed by atoms with van der Waals surface area (Å²) in [6, 6.07) is 8.68. The molecule has 0 saturated carbocycles. The minimum atomic E-state index is -4.66. The van der Waals surface area contributed by atoms with Gasteiger partial charge in [-0.1, -0.05) is 24.3 Å². The van der Waals surface area contributed by atoms with Crippen LogP contribution >= 0.6 is 0 Å². The molecule has 2 amide bonds. The smallest absolute Gasteiger partial charge is 0.329 e. The van der Waals surface area contributed by atoms with Crippen molar-refractivity contribution in [3.8, 4) is 0 Å². The van der Waals surface area contributed by atoms with Crippen LogP contribution in [0.4, 0.5) is 24.5 Å². The predicted molar refractivity (Wildman–Crippen MR) is 99.5 cm³/mol. The van der Waals surface area contributed by atoms with Gasteiger partial charge in [0.2, 0.25) is 5.91 Å². The van der Waals surface area contributed by atoms with E-state index in [2.05, 4.69) is 5.32 Å². The number of amides is 2. The van der Waals surface area contributed by atoms with E-state index in [9.17, 15) is 32.9 Å². The van der Waals surface area contributed by atoms with Crippen LogP contribution in [0.25, 0.3) is 0 Å². The number of aryl methyl sites for hydroxylation is 1. The first-order chi connectivity index (χ1) is 13.6. The summed E-state index contributed by atoms with van der Waals surface area (Å²) in [6.07, 6.45) is -4.66. The van der Waals surface area contributed by atoms with Gasteiger partial charge in [-0.05, 0) is 32.0 Å².